The van der Waals surface area contributed by atoms with E-state index in [1.165, 1.54) is 6.08 Å². The van der Waals surface area contributed by atoms with Gasteiger partial charge in [-0.15, -0.1) is 0 Å². The Labute approximate surface area is 234 Å². The van der Waals surface area contributed by atoms with Crippen molar-refractivity contribution in [3.8, 4) is 0 Å². The molecule has 0 spiro atoms. The summed E-state index contributed by atoms with van der Waals surface area (Å²) >= 11 is 0. The Morgan fingerprint density at radius 2 is 1.32 bits per heavy atom. The minimum atomic E-state index is -0.481. The van der Waals surface area contributed by atoms with Gasteiger partial charge in [0.05, 0.1) is 0 Å². The Bertz CT molecular complexity index is 1540. The van der Waals surface area contributed by atoms with Crippen LogP contribution in [0, 0.1) is 6.92 Å². The lowest BCUT2D eigenvalue weighted by atomic mass is 10.1. The molecule has 4 aromatic carbocycles. The van der Waals surface area contributed by atoms with Gasteiger partial charge >= 0.3 is 0 Å². The molecule has 0 heterocycles. The first-order chi connectivity index (χ1) is 19.3. The van der Waals surface area contributed by atoms with E-state index in [1.54, 1.807) is 60.7 Å². The average molecular weight is 530 g/mol. The van der Waals surface area contributed by atoms with Crippen molar-refractivity contribution < 1.29 is 14.4 Å². The number of hydrogen-bond donors (Lipinski definition) is 2. The second-order valence-corrected chi connectivity index (χ2v) is 9.50. The Hall–Kier alpha value is -5.23. The topological polar surface area (TPSA) is 78.5 Å². The number of aryl methyl sites for hydroxylation is 1. The highest BCUT2D eigenvalue weighted by Gasteiger charge is 2.15. The van der Waals surface area contributed by atoms with Crippen LogP contribution in [0.1, 0.15) is 37.4 Å². The highest BCUT2D eigenvalue weighted by atomic mass is 16.2. The largest absolute Gasteiger partial charge is 0.378 e. The Balaban J connectivity index is 1.46. The summed E-state index contributed by atoms with van der Waals surface area (Å²) in [5.74, 6) is -1.02. The molecule has 0 aromatic heterocycles. The summed E-state index contributed by atoms with van der Waals surface area (Å²) in [4.78, 5) is 40.7. The zero-order valence-corrected chi connectivity index (χ0v) is 22.7. The normalized spacial score (nSPS) is 11.2. The smallest absolute Gasteiger partial charge is 0.272 e. The molecule has 0 saturated carbocycles. The molecule has 200 valence electrons. The number of carbonyl (C=O) groups excluding carboxylic acids is 3. The molecule has 4 rings (SSSR count). The standard InChI is InChI=1S/C34H31N3O3/c1-24-9-11-26(12-10-24)23-31(36-33(39)28-7-5-4-6-8-28)34(40)35-29-18-16-27(17-19-29)32(38)22-15-25-13-20-30(21-14-25)37(2)3/h4-23H,1-3H3,(H,35,40)(H,36,39)/b22-15+,31-23-. The van der Waals surface area contributed by atoms with Crippen molar-refractivity contribution in [1.82, 2.24) is 5.32 Å². The molecular weight excluding hydrogens is 498 g/mol. The van der Waals surface area contributed by atoms with Crippen LogP contribution in [0.4, 0.5) is 11.4 Å². The van der Waals surface area contributed by atoms with E-state index in [1.807, 2.05) is 80.5 Å². The fraction of sp³-hybridized carbons (Fsp3) is 0.0882. The van der Waals surface area contributed by atoms with E-state index in [9.17, 15) is 14.4 Å². The zero-order valence-electron chi connectivity index (χ0n) is 22.7. The summed E-state index contributed by atoms with van der Waals surface area (Å²) in [5.41, 5.74) is 5.39. The molecule has 2 N–H and O–H groups in total. The van der Waals surface area contributed by atoms with Crippen molar-refractivity contribution in [2.75, 3.05) is 24.3 Å². The van der Waals surface area contributed by atoms with Crippen LogP contribution in [0.2, 0.25) is 0 Å². The SMILES string of the molecule is Cc1ccc(/C=C(\NC(=O)c2ccccc2)C(=O)Nc2ccc(C(=O)/C=C/c3ccc(N(C)C)cc3)cc2)cc1. The summed E-state index contributed by atoms with van der Waals surface area (Å²) in [6.07, 6.45) is 4.93. The van der Waals surface area contributed by atoms with Crippen LogP contribution < -0.4 is 15.5 Å². The van der Waals surface area contributed by atoms with Crippen LogP contribution in [0.5, 0.6) is 0 Å². The van der Waals surface area contributed by atoms with E-state index in [0.29, 0.717) is 16.8 Å². The van der Waals surface area contributed by atoms with Crippen LogP contribution in [0.25, 0.3) is 12.2 Å². The van der Waals surface area contributed by atoms with Crippen molar-refractivity contribution in [1.29, 1.82) is 0 Å². The van der Waals surface area contributed by atoms with Gasteiger partial charge in [0.25, 0.3) is 11.8 Å². The van der Waals surface area contributed by atoms with Gasteiger partial charge in [0.2, 0.25) is 0 Å². The van der Waals surface area contributed by atoms with Gasteiger partial charge in [-0.1, -0.05) is 66.2 Å². The predicted molar refractivity (Wildman–Crippen MR) is 162 cm³/mol. The van der Waals surface area contributed by atoms with Gasteiger partial charge < -0.3 is 15.5 Å². The number of anilines is 2. The third-order valence-corrected chi connectivity index (χ3v) is 6.18. The molecule has 4 aromatic rings. The number of nitrogens with one attached hydrogen (secondary N) is 2. The lowest BCUT2D eigenvalue weighted by Crippen LogP contribution is -2.30. The van der Waals surface area contributed by atoms with E-state index in [4.69, 9.17) is 0 Å². The fourth-order valence-electron chi connectivity index (χ4n) is 3.84. The maximum atomic E-state index is 13.2. The molecule has 0 aliphatic heterocycles. The van der Waals surface area contributed by atoms with Crippen LogP contribution in [0.15, 0.2) is 115 Å². The summed E-state index contributed by atoms with van der Waals surface area (Å²) in [5, 5.41) is 5.55. The first kappa shape index (κ1) is 27.8. The minimum absolute atomic E-state index is 0.0982. The zero-order chi connectivity index (χ0) is 28.5. The molecule has 0 radical (unpaired) electrons. The van der Waals surface area contributed by atoms with Gasteiger partial charge in [-0.2, -0.15) is 0 Å². The van der Waals surface area contributed by atoms with Crippen molar-refractivity contribution in [3.05, 3.63) is 143 Å². The Morgan fingerprint density at radius 3 is 1.95 bits per heavy atom. The maximum Gasteiger partial charge on any atom is 0.272 e. The van der Waals surface area contributed by atoms with Gasteiger partial charge in [0.15, 0.2) is 5.78 Å². The molecule has 2 amide bonds. The molecule has 40 heavy (non-hydrogen) atoms. The fourth-order valence-corrected chi connectivity index (χ4v) is 3.84. The Kier molecular flexibility index (Phi) is 9.05. The van der Waals surface area contributed by atoms with Gasteiger partial charge in [0, 0.05) is 36.6 Å². The minimum Gasteiger partial charge on any atom is -0.378 e. The summed E-state index contributed by atoms with van der Waals surface area (Å²) in [7, 11) is 3.95. The number of allylic oxidation sites excluding steroid dienone is 1. The van der Waals surface area contributed by atoms with E-state index < -0.39 is 11.8 Å². The van der Waals surface area contributed by atoms with E-state index in [2.05, 4.69) is 10.6 Å². The second kappa shape index (κ2) is 13.0. The Morgan fingerprint density at radius 1 is 0.700 bits per heavy atom. The third-order valence-electron chi connectivity index (χ3n) is 6.18. The molecule has 0 atom stereocenters. The lowest BCUT2D eigenvalue weighted by molar-refractivity contribution is -0.113. The molecular formula is C34H31N3O3. The number of amides is 2. The highest BCUT2D eigenvalue weighted by Crippen LogP contribution is 2.16. The van der Waals surface area contributed by atoms with Crippen LogP contribution in [-0.2, 0) is 4.79 Å². The summed E-state index contributed by atoms with van der Waals surface area (Å²) < 4.78 is 0. The maximum absolute atomic E-state index is 13.2. The number of hydrogen-bond acceptors (Lipinski definition) is 4. The number of ketones is 1. The van der Waals surface area contributed by atoms with Crippen molar-refractivity contribution >= 4 is 41.1 Å². The van der Waals surface area contributed by atoms with Gasteiger partial charge in [-0.25, -0.2) is 0 Å². The molecule has 6 nitrogen and oxygen atoms in total. The quantitative estimate of drug-likeness (QED) is 0.195. The molecule has 0 aliphatic rings. The predicted octanol–water partition coefficient (Wildman–Crippen LogP) is 6.37. The van der Waals surface area contributed by atoms with Gasteiger partial charge in [-0.05, 0) is 78.7 Å². The van der Waals surface area contributed by atoms with E-state index >= 15 is 0 Å². The number of benzene rings is 4. The van der Waals surface area contributed by atoms with Gasteiger partial charge in [0.1, 0.15) is 5.70 Å². The van der Waals surface area contributed by atoms with Crippen molar-refractivity contribution in [2.45, 2.75) is 6.92 Å². The monoisotopic (exact) mass is 529 g/mol. The van der Waals surface area contributed by atoms with Crippen LogP contribution >= 0.6 is 0 Å². The molecule has 0 aliphatic carbocycles. The number of rotatable bonds is 9. The average Bonchev–Trinajstić information content (AvgIpc) is 2.97. The molecule has 0 saturated heterocycles. The summed E-state index contributed by atoms with van der Waals surface area (Å²) in [6.45, 7) is 1.98. The molecule has 0 unspecified atom stereocenters. The summed E-state index contributed by atoms with van der Waals surface area (Å²) in [6, 6.07) is 30.8. The third kappa shape index (κ3) is 7.65. The number of nitrogens with zero attached hydrogens (tertiary/aromatic N) is 1. The van der Waals surface area contributed by atoms with Crippen LogP contribution in [-0.4, -0.2) is 31.7 Å². The number of carbonyl (C=O) groups is 3. The first-order valence-electron chi connectivity index (χ1n) is 12.8. The second-order valence-electron chi connectivity index (χ2n) is 9.50. The van der Waals surface area contributed by atoms with E-state index in [0.717, 1.165) is 22.4 Å². The molecule has 6 heteroatoms. The first-order valence-corrected chi connectivity index (χ1v) is 12.8. The van der Waals surface area contributed by atoms with E-state index in [-0.39, 0.29) is 11.5 Å². The molecule has 0 fully saturated rings. The van der Waals surface area contributed by atoms with Crippen molar-refractivity contribution in [2.24, 2.45) is 0 Å². The van der Waals surface area contributed by atoms with Gasteiger partial charge in [-0.3, -0.25) is 14.4 Å². The highest BCUT2D eigenvalue weighted by molar-refractivity contribution is 6.11. The van der Waals surface area contributed by atoms with Crippen molar-refractivity contribution in [3.63, 3.8) is 0 Å². The lowest BCUT2D eigenvalue weighted by Gasteiger charge is -2.12. The molecule has 0 bridgehead atoms. The van der Waals surface area contributed by atoms with Crippen LogP contribution in [0.3, 0.4) is 0 Å².